The lowest BCUT2D eigenvalue weighted by Gasteiger charge is -2.29. The Balaban J connectivity index is 2.20. The zero-order valence-electron chi connectivity index (χ0n) is 10.3. The van der Waals surface area contributed by atoms with Crippen molar-refractivity contribution in [2.45, 2.75) is 13.0 Å². The normalized spacial score (nSPS) is 17.5. The molecule has 1 atom stereocenters. The fourth-order valence-corrected chi connectivity index (χ4v) is 2.00. The van der Waals surface area contributed by atoms with E-state index in [2.05, 4.69) is 0 Å². The molecule has 1 aromatic rings. The standard InChI is InChI=1S/C12H17N3O3/c1-9(11(16)14-5-7-18-8-6-14)15-4-2-3-10(13)12(15)17/h2-4,9H,5-8,13H2,1H3/t9-/m0/s1. The molecule has 0 spiro atoms. The van der Waals surface area contributed by atoms with Crippen molar-refractivity contribution >= 4 is 11.6 Å². The Morgan fingerprint density at radius 2 is 2.11 bits per heavy atom. The Labute approximate surface area is 105 Å². The summed E-state index contributed by atoms with van der Waals surface area (Å²) in [4.78, 5) is 25.8. The monoisotopic (exact) mass is 251 g/mol. The minimum atomic E-state index is -0.543. The summed E-state index contributed by atoms with van der Waals surface area (Å²) in [5.74, 6) is -0.0778. The number of ether oxygens (including phenoxy) is 1. The van der Waals surface area contributed by atoms with Crippen LogP contribution in [0.15, 0.2) is 23.1 Å². The van der Waals surface area contributed by atoms with Crippen molar-refractivity contribution in [2.75, 3.05) is 32.0 Å². The van der Waals surface area contributed by atoms with Crippen molar-refractivity contribution < 1.29 is 9.53 Å². The summed E-state index contributed by atoms with van der Waals surface area (Å²) in [5.41, 5.74) is 5.38. The van der Waals surface area contributed by atoms with Gasteiger partial charge in [-0.15, -0.1) is 0 Å². The number of nitrogens with two attached hydrogens (primary N) is 1. The molecule has 6 heteroatoms. The van der Waals surface area contributed by atoms with E-state index in [1.165, 1.54) is 10.6 Å². The average Bonchev–Trinajstić information content (AvgIpc) is 2.41. The second-order valence-electron chi connectivity index (χ2n) is 4.29. The van der Waals surface area contributed by atoms with E-state index in [0.29, 0.717) is 26.3 Å². The van der Waals surface area contributed by atoms with E-state index in [4.69, 9.17) is 10.5 Å². The number of rotatable bonds is 2. The molecule has 0 aromatic carbocycles. The van der Waals surface area contributed by atoms with Crippen LogP contribution in [0.5, 0.6) is 0 Å². The number of carbonyl (C=O) groups is 1. The van der Waals surface area contributed by atoms with E-state index in [0.717, 1.165) is 0 Å². The number of nitrogens with zero attached hydrogens (tertiary/aromatic N) is 2. The lowest BCUT2D eigenvalue weighted by atomic mass is 10.2. The Bertz CT molecular complexity index is 492. The molecule has 0 bridgehead atoms. The first-order valence-corrected chi connectivity index (χ1v) is 5.94. The van der Waals surface area contributed by atoms with Gasteiger partial charge in [0, 0.05) is 19.3 Å². The molecular formula is C12H17N3O3. The number of morpholine rings is 1. The Morgan fingerprint density at radius 1 is 1.44 bits per heavy atom. The third kappa shape index (κ3) is 2.38. The molecule has 1 aliphatic rings. The van der Waals surface area contributed by atoms with Crippen LogP contribution in [0.1, 0.15) is 13.0 Å². The first-order chi connectivity index (χ1) is 8.61. The molecule has 0 saturated carbocycles. The van der Waals surface area contributed by atoms with Gasteiger partial charge in [0.15, 0.2) is 0 Å². The molecule has 0 radical (unpaired) electrons. The molecule has 2 N–H and O–H groups in total. The number of carbonyl (C=O) groups excluding carboxylic acids is 1. The Hall–Kier alpha value is -1.82. The number of aromatic nitrogens is 1. The third-order valence-corrected chi connectivity index (χ3v) is 3.10. The van der Waals surface area contributed by atoms with Crippen molar-refractivity contribution in [3.63, 3.8) is 0 Å². The lowest BCUT2D eigenvalue weighted by molar-refractivity contribution is -0.138. The summed E-state index contributed by atoms with van der Waals surface area (Å²) in [6.07, 6.45) is 1.59. The summed E-state index contributed by atoms with van der Waals surface area (Å²) in [6.45, 7) is 3.94. The Morgan fingerprint density at radius 3 is 2.78 bits per heavy atom. The molecule has 1 amide bonds. The number of amides is 1. The van der Waals surface area contributed by atoms with Gasteiger partial charge in [0.2, 0.25) is 5.91 Å². The van der Waals surface area contributed by atoms with E-state index >= 15 is 0 Å². The van der Waals surface area contributed by atoms with E-state index in [1.807, 2.05) is 0 Å². The zero-order valence-corrected chi connectivity index (χ0v) is 10.3. The highest BCUT2D eigenvalue weighted by Gasteiger charge is 2.24. The molecule has 2 heterocycles. The molecule has 1 aromatic heterocycles. The van der Waals surface area contributed by atoms with Gasteiger partial charge in [-0.3, -0.25) is 9.59 Å². The molecule has 1 fully saturated rings. The highest BCUT2D eigenvalue weighted by molar-refractivity contribution is 5.80. The molecule has 98 valence electrons. The highest BCUT2D eigenvalue weighted by atomic mass is 16.5. The molecule has 0 aliphatic carbocycles. The fourth-order valence-electron chi connectivity index (χ4n) is 2.00. The van der Waals surface area contributed by atoms with Crippen LogP contribution < -0.4 is 11.3 Å². The summed E-state index contributed by atoms with van der Waals surface area (Å²) < 4.78 is 6.56. The van der Waals surface area contributed by atoms with Gasteiger partial charge in [0.25, 0.3) is 5.56 Å². The predicted octanol–water partition coefficient (Wildman–Crippen LogP) is -0.150. The van der Waals surface area contributed by atoms with Crippen LogP contribution in [0.4, 0.5) is 5.69 Å². The van der Waals surface area contributed by atoms with Gasteiger partial charge >= 0.3 is 0 Å². The van der Waals surface area contributed by atoms with Crippen LogP contribution in [-0.2, 0) is 9.53 Å². The maximum atomic E-state index is 12.2. The largest absolute Gasteiger partial charge is 0.394 e. The van der Waals surface area contributed by atoms with Gasteiger partial charge in [0.05, 0.1) is 18.9 Å². The third-order valence-electron chi connectivity index (χ3n) is 3.10. The van der Waals surface area contributed by atoms with Crippen molar-refractivity contribution in [3.8, 4) is 0 Å². The van der Waals surface area contributed by atoms with Gasteiger partial charge in [-0.05, 0) is 19.1 Å². The van der Waals surface area contributed by atoms with Crippen molar-refractivity contribution in [2.24, 2.45) is 0 Å². The molecule has 1 aliphatic heterocycles. The van der Waals surface area contributed by atoms with E-state index in [9.17, 15) is 9.59 Å². The minimum Gasteiger partial charge on any atom is -0.394 e. The van der Waals surface area contributed by atoms with E-state index < -0.39 is 6.04 Å². The first kappa shape index (κ1) is 12.6. The van der Waals surface area contributed by atoms with Crippen LogP contribution in [0.2, 0.25) is 0 Å². The number of hydrogen-bond acceptors (Lipinski definition) is 4. The second-order valence-corrected chi connectivity index (χ2v) is 4.29. The smallest absolute Gasteiger partial charge is 0.274 e. The maximum Gasteiger partial charge on any atom is 0.274 e. The van der Waals surface area contributed by atoms with Crippen molar-refractivity contribution in [1.29, 1.82) is 0 Å². The quantitative estimate of drug-likeness (QED) is 0.793. The molecular weight excluding hydrogens is 234 g/mol. The van der Waals surface area contributed by atoms with Crippen molar-refractivity contribution in [1.82, 2.24) is 9.47 Å². The predicted molar refractivity (Wildman–Crippen MR) is 67.2 cm³/mol. The number of nitrogen functional groups attached to an aromatic ring is 1. The SMILES string of the molecule is C[C@@H](C(=O)N1CCOCC1)n1cccc(N)c1=O. The summed E-state index contributed by atoms with van der Waals surface area (Å²) >= 11 is 0. The van der Waals surface area contributed by atoms with Gasteiger partial charge in [-0.1, -0.05) is 0 Å². The van der Waals surface area contributed by atoms with Gasteiger partial charge in [0.1, 0.15) is 6.04 Å². The number of anilines is 1. The van der Waals surface area contributed by atoms with Gasteiger partial charge in [-0.2, -0.15) is 0 Å². The summed E-state index contributed by atoms with van der Waals surface area (Å²) in [5, 5.41) is 0. The zero-order chi connectivity index (χ0) is 13.1. The highest BCUT2D eigenvalue weighted by Crippen LogP contribution is 2.10. The molecule has 0 unspecified atom stereocenters. The van der Waals surface area contributed by atoms with E-state index in [1.54, 1.807) is 24.1 Å². The number of pyridine rings is 1. The fraction of sp³-hybridized carbons (Fsp3) is 0.500. The molecule has 18 heavy (non-hydrogen) atoms. The Kier molecular flexibility index (Phi) is 3.66. The molecule has 1 saturated heterocycles. The van der Waals surface area contributed by atoms with Crippen molar-refractivity contribution in [3.05, 3.63) is 28.7 Å². The number of hydrogen-bond donors (Lipinski definition) is 1. The van der Waals surface area contributed by atoms with Crippen LogP contribution in [0.25, 0.3) is 0 Å². The average molecular weight is 251 g/mol. The molecule has 2 rings (SSSR count). The maximum absolute atomic E-state index is 12.2. The van der Waals surface area contributed by atoms with Crippen LogP contribution in [-0.4, -0.2) is 41.7 Å². The lowest BCUT2D eigenvalue weighted by Crippen LogP contribution is -2.45. The van der Waals surface area contributed by atoms with Crippen LogP contribution >= 0.6 is 0 Å². The topological polar surface area (TPSA) is 77.6 Å². The second kappa shape index (κ2) is 5.22. The minimum absolute atomic E-state index is 0.0778. The van der Waals surface area contributed by atoms with Crippen LogP contribution in [0, 0.1) is 0 Å². The van der Waals surface area contributed by atoms with Gasteiger partial charge in [-0.25, -0.2) is 0 Å². The first-order valence-electron chi connectivity index (χ1n) is 5.94. The van der Waals surface area contributed by atoms with Gasteiger partial charge < -0.3 is 19.9 Å². The molecule has 6 nitrogen and oxygen atoms in total. The summed E-state index contributed by atoms with van der Waals surface area (Å²) in [6, 6.07) is 2.66. The summed E-state index contributed by atoms with van der Waals surface area (Å²) in [7, 11) is 0. The van der Waals surface area contributed by atoms with Crippen LogP contribution in [0.3, 0.4) is 0 Å². The van der Waals surface area contributed by atoms with E-state index in [-0.39, 0.29) is 17.2 Å².